The number of halogens is 1. The molecule has 0 fully saturated rings. The van der Waals surface area contributed by atoms with Crippen LogP contribution in [0.1, 0.15) is 46.7 Å². The standard InChI is InChI=1S/C30H26ClN3O3/c1-2-37-30(36)16-12-22-11-14-28(31)23(17-22)13-15-29(35)34(20-26-9-5-3-7-24(26)18-32)21-27-10-6-4-8-25(27)19-33/h3-12,14,16-17H,2,13,15,20-21H2,1H3/b16-12+. The van der Waals surface area contributed by atoms with Crippen LogP contribution in [0.2, 0.25) is 5.02 Å². The van der Waals surface area contributed by atoms with Gasteiger partial charge in [-0.05, 0) is 59.9 Å². The first kappa shape index (κ1) is 27.2. The molecule has 0 aliphatic rings. The number of aryl methyl sites for hydroxylation is 1. The van der Waals surface area contributed by atoms with E-state index in [9.17, 15) is 20.1 Å². The fraction of sp³-hybridized carbons (Fsp3) is 0.200. The van der Waals surface area contributed by atoms with Gasteiger partial charge in [-0.2, -0.15) is 10.5 Å². The molecule has 0 aliphatic carbocycles. The molecule has 37 heavy (non-hydrogen) atoms. The van der Waals surface area contributed by atoms with E-state index in [1.807, 2.05) is 30.3 Å². The summed E-state index contributed by atoms with van der Waals surface area (Å²) in [6, 6.07) is 24.0. The number of ether oxygens (including phenoxy) is 1. The van der Waals surface area contributed by atoms with Crippen LogP contribution in [0, 0.1) is 22.7 Å². The molecule has 0 saturated heterocycles. The molecule has 0 N–H and O–H groups in total. The predicted octanol–water partition coefficient (Wildman–Crippen LogP) is 5.82. The van der Waals surface area contributed by atoms with Crippen molar-refractivity contribution >= 4 is 29.6 Å². The first-order chi connectivity index (χ1) is 17.9. The summed E-state index contributed by atoms with van der Waals surface area (Å²) < 4.78 is 4.91. The zero-order valence-corrected chi connectivity index (χ0v) is 21.2. The maximum Gasteiger partial charge on any atom is 0.330 e. The first-order valence-corrected chi connectivity index (χ1v) is 12.2. The fourth-order valence-electron chi connectivity index (χ4n) is 3.82. The summed E-state index contributed by atoms with van der Waals surface area (Å²) in [5.74, 6) is -0.566. The van der Waals surface area contributed by atoms with Gasteiger partial charge < -0.3 is 9.64 Å². The van der Waals surface area contributed by atoms with Crippen LogP contribution < -0.4 is 0 Å². The highest BCUT2D eigenvalue weighted by Crippen LogP contribution is 2.22. The van der Waals surface area contributed by atoms with Gasteiger partial charge in [0.2, 0.25) is 5.91 Å². The van der Waals surface area contributed by atoms with Gasteiger partial charge in [0.15, 0.2) is 0 Å². The number of carbonyl (C=O) groups excluding carboxylic acids is 2. The summed E-state index contributed by atoms with van der Waals surface area (Å²) in [7, 11) is 0. The Morgan fingerprint density at radius 3 is 2.08 bits per heavy atom. The van der Waals surface area contributed by atoms with Crippen molar-refractivity contribution in [3.05, 3.63) is 111 Å². The SMILES string of the molecule is CCOC(=O)/C=C/c1ccc(Cl)c(CCC(=O)N(Cc2ccccc2C#N)Cc2ccccc2C#N)c1. The van der Waals surface area contributed by atoms with Crippen molar-refractivity contribution in [1.82, 2.24) is 4.90 Å². The Morgan fingerprint density at radius 2 is 1.51 bits per heavy atom. The Hall–Kier alpha value is -4.39. The third-order valence-corrected chi connectivity index (χ3v) is 6.10. The zero-order chi connectivity index (χ0) is 26.6. The molecule has 3 rings (SSSR count). The lowest BCUT2D eigenvalue weighted by Crippen LogP contribution is -2.31. The minimum absolute atomic E-state index is 0.135. The predicted molar refractivity (Wildman–Crippen MR) is 142 cm³/mol. The van der Waals surface area contributed by atoms with Crippen LogP contribution in [0.3, 0.4) is 0 Å². The van der Waals surface area contributed by atoms with E-state index in [0.717, 1.165) is 22.3 Å². The van der Waals surface area contributed by atoms with E-state index in [1.54, 1.807) is 54.3 Å². The van der Waals surface area contributed by atoms with E-state index in [0.29, 0.717) is 29.2 Å². The summed E-state index contributed by atoms with van der Waals surface area (Å²) in [5, 5.41) is 19.6. The largest absolute Gasteiger partial charge is 0.463 e. The van der Waals surface area contributed by atoms with Gasteiger partial charge in [-0.1, -0.05) is 60.1 Å². The van der Waals surface area contributed by atoms with Crippen LogP contribution in [-0.4, -0.2) is 23.4 Å². The third kappa shape index (κ3) is 7.80. The molecule has 0 aromatic heterocycles. The molecule has 3 aromatic carbocycles. The highest BCUT2D eigenvalue weighted by atomic mass is 35.5. The molecule has 0 heterocycles. The second kappa shape index (κ2) is 13.6. The van der Waals surface area contributed by atoms with E-state index in [1.165, 1.54) is 6.08 Å². The van der Waals surface area contributed by atoms with Crippen LogP contribution in [0.15, 0.2) is 72.8 Å². The molecular weight excluding hydrogens is 486 g/mol. The molecule has 0 atom stereocenters. The van der Waals surface area contributed by atoms with Gasteiger partial charge >= 0.3 is 5.97 Å². The number of carbonyl (C=O) groups is 2. The number of nitrogens with zero attached hydrogens (tertiary/aromatic N) is 3. The van der Waals surface area contributed by atoms with Crippen LogP contribution in [0.4, 0.5) is 0 Å². The Bertz CT molecular complexity index is 1330. The van der Waals surface area contributed by atoms with Crippen LogP contribution >= 0.6 is 11.6 Å². The van der Waals surface area contributed by atoms with Crippen LogP contribution in [0.25, 0.3) is 6.08 Å². The van der Waals surface area contributed by atoms with E-state index in [-0.39, 0.29) is 25.4 Å². The smallest absolute Gasteiger partial charge is 0.330 e. The van der Waals surface area contributed by atoms with Gasteiger partial charge in [-0.25, -0.2) is 4.79 Å². The molecule has 0 bridgehead atoms. The average molecular weight is 512 g/mol. The molecule has 0 aliphatic heterocycles. The molecular formula is C30H26ClN3O3. The quantitative estimate of drug-likeness (QED) is 0.252. The van der Waals surface area contributed by atoms with Crippen molar-refractivity contribution in [2.24, 2.45) is 0 Å². The number of nitriles is 2. The minimum atomic E-state index is -0.430. The molecule has 186 valence electrons. The van der Waals surface area contributed by atoms with Crippen molar-refractivity contribution in [2.75, 3.05) is 6.61 Å². The monoisotopic (exact) mass is 511 g/mol. The maximum atomic E-state index is 13.4. The van der Waals surface area contributed by atoms with E-state index in [2.05, 4.69) is 12.1 Å². The summed E-state index contributed by atoms with van der Waals surface area (Å²) in [4.78, 5) is 26.7. The molecule has 6 nitrogen and oxygen atoms in total. The number of rotatable bonds is 10. The van der Waals surface area contributed by atoms with E-state index < -0.39 is 5.97 Å². The van der Waals surface area contributed by atoms with E-state index in [4.69, 9.17) is 16.3 Å². The number of hydrogen-bond donors (Lipinski definition) is 0. The fourth-order valence-corrected chi connectivity index (χ4v) is 4.03. The third-order valence-electron chi connectivity index (χ3n) is 5.73. The number of benzene rings is 3. The lowest BCUT2D eigenvalue weighted by Gasteiger charge is -2.24. The summed E-state index contributed by atoms with van der Waals surface area (Å²) >= 11 is 6.40. The molecule has 3 aromatic rings. The topological polar surface area (TPSA) is 94.2 Å². The van der Waals surface area contributed by atoms with Gasteiger partial charge in [0.25, 0.3) is 0 Å². The molecule has 7 heteroatoms. The second-order valence-corrected chi connectivity index (χ2v) is 8.63. The van der Waals surface area contributed by atoms with Gasteiger partial charge in [0, 0.05) is 30.6 Å². The van der Waals surface area contributed by atoms with E-state index >= 15 is 0 Å². The first-order valence-electron chi connectivity index (χ1n) is 11.8. The molecule has 0 saturated carbocycles. The zero-order valence-electron chi connectivity index (χ0n) is 20.5. The lowest BCUT2D eigenvalue weighted by molar-refractivity contribution is -0.137. The summed E-state index contributed by atoms with van der Waals surface area (Å²) in [6.45, 7) is 2.51. The number of esters is 1. The maximum absolute atomic E-state index is 13.4. The van der Waals surface area contributed by atoms with Gasteiger partial charge in [-0.3, -0.25) is 4.79 Å². The highest BCUT2D eigenvalue weighted by Gasteiger charge is 2.18. The molecule has 0 radical (unpaired) electrons. The Kier molecular flexibility index (Phi) is 10.0. The number of amides is 1. The van der Waals surface area contributed by atoms with Crippen molar-refractivity contribution in [3.63, 3.8) is 0 Å². The van der Waals surface area contributed by atoms with Crippen molar-refractivity contribution < 1.29 is 14.3 Å². The number of hydrogen-bond acceptors (Lipinski definition) is 5. The Labute approximate surface area is 222 Å². The van der Waals surface area contributed by atoms with Gasteiger partial charge in [0.1, 0.15) is 0 Å². The lowest BCUT2D eigenvalue weighted by atomic mass is 10.0. The average Bonchev–Trinajstić information content (AvgIpc) is 2.92. The van der Waals surface area contributed by atoms with Gasteiger partial charge in [0.05, 0.1) is 29.9 Å². The Balaban J connectivity index is 1.81. The van der Waals surface area contributed by atoms with Gasteiger partial charge in [-0.15, -0.1) is 0 Å². The molecule has 1 amide bonds. The minimum Gasteiger partial charge on any atom is -0.463 e. The van der Waals surface area contributed by atoms with Crippen LogP contribution in [-0.2, 0) is 33.8 Å². The highest BCUT2D eigenvalue weighted by molar-refractivity contribution is 6.31. The van der Waals surface area contributed by atoms with Crippen molar-refractivity contribution in [1.29, 1.82) is 10.5 Å². The second-order valence-electron chi connectivity index (χ2n) is 8.22. The summed E-state index contributed by atoms with van der Waals surface area (Å²) in [5.41, 5.74) is 4.00. The normalized spacial score (nSPS) is 10.5. The van der Waals surface area contributed by atoms with Crippen molar-refractivity contribution in [3.8, 4) is 12.1 Å². The van der Waals surface area contributed by atoms with Crippen molar-refractivity contribution in [2.45, 2.75) is 32.9 Å². The molecule has 0 unspecified atom stereocenters. The van der Waals surface area contributed by atoms with Crippen LogP contribution in [0.5, 0.6) is 0 Å². The molecule has 0 spiro atoms. The summed E-state index contributed by atoms with van der Waals surface area (Å²) in [6.07, 6.45) is 3.55. The Morgan fingerprint density at radius 1 is 0.919 bits per heavy atom.